The smallest absolute Gasteiger partial charge is 0.110 e. The summed E-state index contributed by atoms with van der Waals surface area (Å²) in [5, 5.41) is 0. The first-order valence-electron chi connectivity index (χ1n) is 3.36. The first-order chi connectivity index (χ1) is 5.27. The van der Waals surface area contributed by atoms with Gasteiger partial charge in [-0.25, -0.2) is 4.98 Å². The van der Waals surface area contributed by atoms with Crippen LogP contribution in [-0.4, -0.2) is 9.38 Å². The molecule has 2 aromatic rings. The van der Waals surface area contributed by atoms with E-state index in [1.165, 1.54) is 0 Å². The first-order valence-corrected chi connectivity index (χ1v) is 4.16. The van der Waals surface area contributed by atoms with Gasteiger partial charge in [-0.2, -0.15) is 0 Å². The van der Waals surface area contributed by atoms with Crippen LogP contribution in [0.2, 0.25) is 0 Å². The molecule has 0 N–H and O–H groups in total. The van der Waals surface area contributed by atoms with E-state index in [4.69, 9.17) is 0 Å². The summed E-state index contributed by atoms with van der Waals surface area (Å²) in [6.07, 6.45) is 3.86. The van der Waals surface area contributed by atoms with Crippen LogP contribution in [0.5, 0.6) is 0 Å². The summed E-state index contributed by atoms with van der Waals surface area (Å²) in [6.45, 7) is 1.99. The molecule has 0 aromatic carbocycles. The minimum Gasteiger partial charge on any atom is -0.304 e. The molecule has 0 spiro atoms. The van der Waals surface area contributed by atoms with E-state index >= 15 is 0 Å². The molecule has 0 saturated carbocycles. The summed E-state index contributed by atoms with van der Waals surface area (Å²) in [5.74, 6) is 1.02. The molecule has 0 fully saturated rings. The quantitative estimate of drug-likeness (QED) is 0.653. The Bertz CT molecular complexity index is 392. The highest BCUT2D eigenvalue weighted by Gasteiger charge is 1.96. The number of nitrogens with zero attached hydrogens (tertiary/aromatic N) is 2. The number of halogens is 1. The molecule has 2 rings (SSSR count). The van der Waals surface area contributed by atoms with Gasteiger partial charge in [0.25, 0.3) is 0 Å². The van der Waals surface area contributed by atoms with Crippen LogP contribution in [-0.2, 0) is 0 Å². The van der Waals surface area contributed by atoms with Crippen LogP contribution in [0, 0.1) is 6.92 Å². The third-order valence-electron chi connectivity index (χ3n) is 1.68. The molecule has 0 bridgehead atoms. The molecule has 0 atom stereocenters. The summed E-state index contributed by atoms with van der Waals surface area (Å²) in [5.41, 5.74) is 1.12. The normalized spacial score (nSPS) is 10.7. The van der Waals surface area contributed by atoms with E-state index in [0.29, 0.717) is 0 Å². The highest BCUT2D eigenvalue weighted by Crippen LogP contribution is 2.13. The highest BCUT2D eigenvalue weighted by molar-refractivity contribution is 9.10. The number of aryl methyl sites for hydroxylation is 1. The fraction of sp³-hybridized carbons (Fsp3) is 0.125. The lowest BCUT2D eigenvalue weighted by Gasteiger charge is -1.94. The van der Waals surface area contributed by atoms with E-state index in [1.807, 2.05) is 35.9 Å². The summed E-state index contributed by atoms with van der Waals surface area (Å²) >= 11 is 3.40. The number of aromatic nitrogens is 2. The number of pyridine rings is 1. The predicted octanol–water partition coefficient (Wildman–Crippen LogP) is 2.41. The van der Waals surface area contributed by atoms with Crippen LogP contribution in [0.3, 0.4) is 0 Å². The first kappa shape index (κ1) is 6.85. The molecular weight excluding hydrogens is 204 g/mol. The molecule has 0 amide bonds. The highest BCUT2D eigenvalue weighted by atomic mass is 79.9. The zero-order valence-corrected chi connectivity index (χ0v) is 7.67. The minimum atomic E-state index is 1.02. The number of hydrogen-bond acceptors (Lipinski definition) is 1. The molecule has 0 radical (unpaired) electrons. The maximum atomic E-state index is 4.18. The van der Waals surface area contributed by atoms with Crippen molar-refractivity contribution in [2.75, 3.05) is 0 Å². The maximum absolute atomic E-state index is 4.18. The molecule has 0 aliphatic carbocycles. The van der Waals surface area contributed by atoms with E-state index in [0.717, 1.165) is 15.8 Å². The molecule has 3 heteroatoms. The topological polar surface area (TPSA) is 17.3 Å². The number of rotatable bonds is 0. The zero-order chi connectivity index (χ0) is 7.84. The van der Waals surface area contributed by atoms with Crippen molar-refractivity contribution in [1.82, 2.24) is 9.38 Å². The third kappa shape index (κ3) is 1.05. The Labute approximate surface area is 73.0 Å². The van der Waals surface area contributed by atoms with Crippen LogP contribution in [0.15, 0.2) is 29.0 Å². The van der Waals surface area contributed by atoms with Crippen molar-refractivity contribution < 1.29 is 0 Å². The summed E-state index contributed by atoms with van der Waals surface area (Å²) < 4.78 is 3.13. The number of imidazole rings is 1. The lowest BCUT2D eigenvalue weighted by molar-refractivity contribution is 1.04. The van der Waals surface area contributed by atoms with Gasteiger partial charge in [-0.3, -0.25) is 0 Å². The van der Waals surface area contributed by atoms with Gasteiger partial charge in [-0.05, 0) is 19.1 Å². The summed E-state index contributed by atoms with van der Waals surface area (Å²) in [6, 6.07) is 4.04. The standard InChI is InChI=1S/C8H7BrN2/c1-6-10-5-8-4-7(9)2-3-11(6)8/h2-5H,1H3. The van der Waals surface area contributed by atoms with Gasteiger partial charge >= 0.3 is 0 Å². The number of fused-ring (bicyclic) bond motifs is 1. The Kier molecular flexibility index (Phi) is 1.46. The fourth-order valence-electron chi connectivity index (χ4n) is 1.11. The van der Waals surface area contributed by atoms with E-state index in [1.54, 1.807) is 0 Å². The van der Waals surface area contributed by atoms with Crippen molar-refractivity contribution >= 4 is 21.4 Å². The summed E-state index contributed by atoms with van der Waals surface area (Å²) in [7, 11) is 0. The van der Waals surface area contributed by atoms with Gasteiger partial charge in [0.15, 0.2) is 0 Å². The van der Waals surface area contributed by atoms with Crippen molar-refractivity contribution in [2.24, 2.45) is 0 Å². The average Bonchev–Trinajstić information content (AvgIpc) is 2.32. The predicted molar refractivity (Wildman–Crippen MR) is 47.6 cm³/mol. The molecule has 11 heavy (non-hydrogen) atoms. The largest absolute Gasteiger partial charge is 0.304 e. The van der Waals surface area contributed by atoms with Gasteiger partial charge in [0, 0.05) is 10.7 Å². The van der Waals surface area contributed by atoms with Gasteiger partial charge in [-0.15, -0.1) is 0 Å². The second kappa shape index (κ2) is 2.34. The Hall–Kier alpha value is -0.830. The van der Waals surface area contributed by atoms with Gasteiger partial charge in [0.1, 0.15) is 5.82 Å². The maximum Gasteiger partial charge on any atom is 0.110 e. The zero-order valence-electron chi connectivity index (χ0n) is 6.08. The van der Waals surface area contributed by atoms with Crippen LogP contribution >= 0.6 is 15.9 Å². The lowest BCUT2D eigenvalue weighted by atomic mass is 10.4. The van der Waals surface area contributed by atoms with Crippen LogP contribution < -0.4 is 0 Å². The molecule has 2 aromatic heterocycles. The molecule has 56 valence electrons. The molecule has 0 saturated heterocycles. The molecule has 2 heterocycles. The molecule has 0 aliphatic rings. The van der Waals surface area contributed by atoms with Crippen molar-refractivity contribution in [3.05, 3.63) is 34.8 Å². The minimum absolute atomic E-state index is 1.02. The van der Waals surface area contributed by atoms with Gasteiger partial charge in [-0.1, -0.05) is 15.9 Å². The molecule has 0 aliphatic heterocycles. The lowest BCUT2D eigenvalue weighted by Crippen LogP contribution is -1.85. The van der Waals surface area contributed by atoms with Crippen molar-refractivity contribution in [3.63, 3.8) is 0 Å². The van der Waals surface area contributed by atoms with Crippen LogP contribution in [0.1, 0.15) is 5.82 Å². The van der Waals surface area contributed by atoms with Crippen LogP contribution in [0.25, 0.3) is 5.52 Å². The van der Waals surface area contributed by atoms with Crippen molar-refractivity contribution in [1.29, 1.82) is 0 Å². The van der Waals surface area contributed by atoms with E-state index in [9.17, 15) is 0 Å². The van der Waals surface area contributed by atoms with Gasteiger partial charge in [0.2, 0.25) is 0 Å². The monoisotopic (exact) mass is 210 g/mol. The Balaban J connectivity index is 2.86. The Morgan fingerprint density at radius 1 is 1.55 bits per heavy atom. The number of hydrogen-bond donors (Lipinski definition) is 0. The molecule has 2 nitrogen and oxygen atoms in total. The third-order valence-corrected chi connectivity index (χ3v) is 2.17. The van der Waals surface area contributed by atoms with Gasteiger partial charge in [0.05, 0.1) is 11.7 Å². The molecule has 0 unspecified atom stereocenters. The fourth-order valence-corrected chi connectivity index (χ4v) is 1.46. The Morgan fingerprint density at radius 2 is 2.36 bits per heavy atom. The SMILES string of the molecule is Cc1ncc2cc(Br)ccn12. The van der Waals surface area contributed by atoms with Crippen molar-refractivity contribution in [2.45, 2.75) is 6.92 Å². The van der Waals surface area contributed by atoms with E-state index in [-0.39, 0.29) is 0 Å². The second-order valence-corrected chi connectivity index (χ2v) is 3.36. The van der Waals surface area contributed by atoms with Crippen LogP contribution in [0.4, 0.5) is 0 Å². The average molecular weight is 211 g/mol. The van der Waals surface area contributed by atoms with Gasteiger partial charge < -0.3 is 4.40 Å². The summed E-state index contributed by atoms with van der Waals surface area (Å²) in [4.78, 5) is 4.18. The van der Waals surface area contributed by atoms with Crippen molar-refractivity contribution in [3.8, 4) is 0 Å². The molecular formula is C8H7BrN2. The second-order valence-electron chi connectivity index (χ2n) is 2.45. The van der Waals surface area contributed by atoms with E-state index < -0.39 is 0 Å². The Morgan fingerprint density at radius 3 is 3.18 bits per heavy atom. The van der Waals surface area contributed by atoms with E-state index in [2.05, 4.69) is 20.9 Å².